The SMILES string of the molecule is O/N=C(/c1cccnc1)N1CCN(c2ccc(F)cc2)CC1. The van der Waals surface area contributed by atoms with Crippen LogP contribution in [0, 0.1) is 5.82 Å². The highest BCUT2D eigenvalue weighted by Gasteiger charge is 2.21. The molecule has 1 aromatic heterocycles. The van der Waals surface area contributed by atoms with E-state index < -0.39 is 0 Å². The molecule has 0 aliphatic carbocycles. The quantitative estimate of drug-likeness (QED) is 0.400. The van der Waals surface area contributed by atoms with E-state index in [0.29, 0.717) is 5.84 Å². The monoisotopic (exact) mass is 300 g/mol. The number of amidine groups is 1. The fourth-order valence-corrected chi connectivity index (χ4v) is 2.63. The highest BCUT2D eigenvalue weighted by atomic mass is 19.1. The van der Waals surface area contributed by atoms with Gasteiger partial charge in [-0.1, -0.05) is 5.16 Å². The summed E-state index contributed by atoms with van der Waals surface area (Å²) in [6.45, 7) is 3.02. The van der Waals surface area contributed by atoms with Crippen molar-refractivity contribution in [2.24, 2.45) is 5.16 Å². The predicted octanol–water partition coefficient (Wildman–Crippen LogP) is 2.18. The Morgan fingerprint density at radius 1 is 1.09 bits per heavy atom. The van der Waals surface area contributed by atoms with Crippen molar-refractivity contribution in [1.29, 1.82) is 0 Å². The molecular weight excluding hydrogens is 283 g/mol. The Hall–Kier alpha value is -2.63. The molecule has 0 saturated carbocycles. The topological polar surface area (TPSA) is 52.0 Å². The van der Waals surface area contributed by atoms with E-state index in [2.05, 4.69) is 15.0 Å². The molecule has 114 valence electrons. The molecule has 1 fully saturated rings. The summed E-state index contributed by atoms with van der Waals surface area (Å²) in [6, 6.07) is 10.2. The zero-order valence-corrected chi connectivity index (χ0v) is 12.1. The molecule has 1 aliphatic heterocycles. The maximum absolute atomic E-state index is 13.0. The van der Waals surface area contributed by atoms with Crippen molar-refractivity contribution in [1.82, 2.24) is 9.88 Å². The Morgan fingerprint density at radius 3 is 2.41 bits per heavy atom. The van der Waals surface area contributed by atoms with Gasteiger partial charge in [-0.15, -0.1) is 0 Å². The van der Waals surface area contributed by atoms with Crippen LogP contribution < -0.4 is 4.90 Å². The second-order valence-corrected chi connectivity index (χ2v) is 5.12. The Labute approximate surface area is 128 Å². The lowest BCUT2D eigenvalue weighted by Gasteiger charge is -2.37. The molecule has 0 atom stereocenters. The van der Waals surface area contributed by atoms with Gasteiger partial charge >= 0.3 is 0 Å². The highest BCUT2D eigenvalue weighted by molar-refractivity contribution is 5.98. The molecule has 0 bridgehead atoms. The maximum atomic E-state index is 13.0. The maximum Gasteiger partial charge on any atom is 0.176 e. The van der Waals surface area contributed by atoms with Crippen molar-refractivity contribution in [3.05, 3.63) is 60.2 Å². The molecule has 0 unspecified atom stereocenters. The Bertz CT molecular complexity index is 637. The summed E-state index contributed by atoms with van der Waals surface area (Å²) in [5.41, 5.74) is 1.80. The van der Waals surface area contributed by atoms with Gasteiger partial charge in [0.15, 0.2) is 5.84 Å². The Kier molecular flexibility index (Phi) is 4.18. The summed E-state index contributed by atoms with van der Waals surface area (Å²) >= 11 is 0. The standard InChI is InChI=1S/C16H17FN4O/c17-14-3-5-15(6-4-14)20-8-10-21(11-9-20)16(19-22)13-2-1-7-18-12-13/h1-7,12,22H,8-11H2/b19-16-. The average Bonchev–Trinajstić information content (AvgIpc) is 2.58. The molecule has 5 nitrogen and oxygen atoms in total. The fourth-order valence-electron chi connectivity index (χ4n) is 2.63. The summed E-state index contributed by atoms with van der Waals surface area (Å²) in [6.07, 6.45) is 3.37. The second-order valence-electron chi connectivity index (χ2n) is 5.12. The van der Waals surface area contributed by atoms with Gasteiger partial charge < -0.3 is 15.0 Å². The molecule has 1 N–H and O–H groups in total. The van der Waals surface area contributed by atoms with Crippen LogP contribution in [0.3, 0.4) is 0 Å². The summed E-state index contributed by atoms with van der Waals surface area (Å²) in [5.74, 6) is 0.306. The summed E-state index contributed by atoms with van der Waals surface area (Å²) in [4.78, 5) is 8.27. The van der Waals surface area contributed by atoms with Crippen LogP contribution in [0.1, 0.15) is 5.56 Å². The number of halogens is 1. The van der Waals surface area contributed by atoms with E-state index in [9.17, 15) is 9.60 Å². The van der Waals surface area contributed by atoms with E-state index in [0.717, 1.165) is 37.4 Å². The van der Waals surface area contributed by atoms with Crippen LogP contribution >= 0.6 is 0 Å². The lowest BCUT2D eigenvalue weighted by Crippen LogP contribution is -2.49. The fraction of sp³-hybridized carbons (Fsp3) is 0.250. The summed E-state index contributed by atoms with van der Waals surface area (Å²) < 4.78 is 13.0. The minimum atomic E-state index is -0.228. The number of oxime groups is 1. The van der Waals surface area contributed by atoms with Crippen molar-refractivity contribution in [2.75, 3.05) is 31.1 Å². The van der Waals surface area contributed by atoms with Crippen LogP contribution in [-0.2, 0) is 0 Å². The van der Waals surface area contributed by atoms with Crippen LogP contribution in [-0.4, -0.2) is 47.1 Å². The van der Waals surface area contributed by atoms with Gasteiger partial charge in [-0.2, -0.15) is 0 Å². The summed E-state index contributed by atoms with van der Waals surface area (Å²) in [5, 5.41) is 12.7. The van der Waals surface area contributed by atoms with Crippen molar-refractivity contribution in [3.8, 4) is 0 Å². The zero-order valence-electron chi connectivity index (χ0n) is 12.1. The number of rotatable bonds is 2. The first-order valence-corrected chi connectivity index (χ1v) is 7.16. The minimum Gasteiger partial charge on any atom is -0.409 e. The van der Waals surface area contributed by atoms with Crippen LogP contribution in [0.2, 0.25) is 0 Å². The average molecular weight is 300 g/mol. The molecule has 2 aromatic rings. The van der Waals surface area contributed by atoms with Crippen molar-refractivity contribution >= 4 is 11.5 Å². The molecule has 22 heavy (non-hydrogen) atoms. The van der Waals surface area contributed by atoms with E-state index in [-0.39, 0.29) is 5.82 Å². The summed E-state index contributed by atoms with van der Waals surface area (Å²) in [7, 11) is 0. The van der Waals surface area contributed by atoms with Gasteiger partial charge in [0.1, 0.15) is 5.82 Å². The lowest BCUT2D eigenvalue weighted by atomic mass is 10.2. The molecule has 0 amide bonds. The molecule has 1 aliphatic rings. The molecular formula is C16H17FN4O. The zero-order chi connectivity index (χ0) is 15.4. The van der Waals surface area contributed by atoms with E-state index in [1.807, 2.05) is 17.0 Å². The van der Waals surface area contributed by atoms with Gasteiger partial charge in [-0.25, -0.2) is 4.39 Å². The number of aromatic nitrogens is 1. The van der Waals surface area contributed by atoms with Crippen LogP contribution in [0.15, 0.2) is 53.9 Å². The van der Waals surface area contributed by atoms with E-state index >= 15 is 0 Å². The molecule has 1 aromatic carbocycles. The van der Waals surface area contributed by atoms with E-state index in [1.165, 1.54) is 12.1 Å². The number of hydrogen-bond donors (Lipinski definition) is 1. The van der Waals surface area contributed by atoms with Crippen LogP contribution in [0.4, 0.5) is 10.1 Å². The number of pyridine rings is 1. The van der Waals surface area contributed by atoms with Gasteiger partial charge in [-0.3, -0.25) is 4.98 Å². The Morgan fingerprint density at radius 2 is 1.82 bits per heavy atom. The van der Waals surface area contributed by atoms with Gasteiger partial charge in [0.05, 0.1) is 0 Å². The van der Waals surface area contributed by atoms with Crippen molar-refractivity contribution < 1.29 is 9.60 Å². The first-order chi connectivity index (χ1) is 10.8. The minimum absolute atomic E-state index is 0.228. The molecule has 0 radical (unpaired) electrons. The number of hydrogen-bond acceptors (Lipinski definition) is 4. The third-order valence-electron chi connectivity index (χ3n) is 3.79. The van der Waals surface area contributed by atoms with Crippen LogP contribution in [0.5, 0.6) is 0 Å². The first-order valence-electron chi connectivity index (χ1n) is 7.16. The normalized spacial score (nSPS) is 16.0. The van der Waals surface area contributed by atoms with Gasteiger partial charge in [0, 0.05) is 49.8 Å². The highest BCUT2D eigenvalue weighted by Crippen LogP contribution is 2.18. The van der Waals surface area contributed by atoms with Gasteiger partial charge in [0.25, 0.3) is 0 Å². The smallest absolute Gasteiger partial charge is 0.176 e. The molecule has 3 rings (SSSR count). The van der Waals surface area contributed by atoms with E-state index in [1.54, 1.807) is 24.5 Å². The third-order valence-corrected chi connectivity index (χ3v) is 3.79. The number of piperazine rings is 1. The number of benzene rings is 1. The first kappa shape index (κ1) is 14.3. The molecule has 0 spiro atoms. The van der Waals surface area contributed by atoms with Crippen molar-refractivity contribution in [2.45, 2.75) is 0 Å². The molecule has 1 saturated heterocycles. The number of anilines is 1. The second kappa shape index (κ2) is 6.43. The largest absolute Gasteiger partial charge is 0.409 e. The third kappa shape index (κ3) is 3.00. The van der Waals surface area contributed by atoms with E-state index in [4.69, 9.17) is 0 Å². The van der Waals surface area contributed by atoms with Gasteiger partial charge in [0.2, 0.25) is 0 Å². The lowest BCUT2D eigenvalue weighted by molar-refractivity contribution is 0.296. The molecule has 2 heterocycles. The van der Waals surface area contributed by atoms with Crippen molar-refractivity contribution in [3.63, 3.8) is 0 Å². The Balaban J connectivity index is 1.67. The van der Waals surface area contributed by atoms with Crippen LogP contribution in [0.25, 0.3) is 0 Å². The number of nitrogens with zero attached hydrogens (tertiary/aromatic N) is 4. The van der Waals surface area contributed by atoms with Gasteiger partial charge in [-0.05, 0) is 36.4 Å². The molecule has 6 heteroatoms. The predicted molar refractivity (Wildman–Crippen MR) is 82.7 cm³/mol.